The van der Waals surface area contributed by atoms with Crippen LogP contribution in [0.5, 0.6) is 0 Å². The minimum Gasteiger partial charge on any atom is -0.480 e. The summed E-state index contributed by atoms with van der Waals surface area (Å²) in [5.74, 6) is -1.40. The van der Waals surface area contributed by atoms with Crippen LogP contribution in [0, 0.1) is 0 Å². The Labute approximate surface area is 214 Å². The van der Waals surface area contributed by atoms with Crippen LogP contribution in [0.3, 0.4) is 0 Å². The molecular weight excluding hydrogens is 487 g/mol. The molecule has 2 unspecified atom stereocenters. The zero-order valence-corrected chi connectivity index (χ0v) is 20.7. The van der Waals surface area contributed by atoms with Gasteiger partial charge >= 0.3 is 5.97 Å². The second-order valence-corrected chi connectivity index (χ2v) is 9.41. The summed E-state index contributed by atoms with van der Waals surface area (Å²) < 4.78 is 6.48. The number of benzene rings is 2. The van der Waals surface area contributed by atoms with Crippen LogP contribution in [-0.4, -0.2) is 39.0 Å². The molecule has 4 atom stereocenters. The molecule has 0 aliphatic carbocycles. The van der Waals surface area contributed by atoms with Crippen LogP contribution in [0.2, 0.25) is 10.0 Å². The average molecular weight is 513 g/mol. The molecule has 8 heteroatoms. The minimum absolute atomic E-state index is 0.299. The van der Waals surface area contributed by atoms with Crippen molar-refractivity contribution in [1.29, 1.82) is 0 Å². The minimum atomic E-state index is -1.04. The number of carbonyl (C=O) groups is 2. The van der Waals surface area contributed by atoms with E-state index in [4.69, 9.17) is 27.9 Å². The maximum absolute atomic E-state index is 13.9. The van der Waals surface area contributed by atoms with Crippen LogP contribution in [0.15, 0.2) is 73.1 Å². The first kappa shape index (κ1) is 25.2. The number of rotatable bonds is 8. The fraction of sp³-hybridized carbons (Fsp3) is 0.296. The normalized spacial score (nSPS) is 21.1. The first-order valence-corrected chi connectivity index (χ1v) is 12.2. The maximum atomic E-state index is 13.9. The number of morpholine rings is 1. The average Bonchev–Trinajstić information content (AvgIpc) is 2.85. The van der Waals surface area contributed by atoms with Crippen LogP contribution >= 0.6 is 23.2 Å². The number of carbonyl (C=O) groups excluding carboxylic acids is 1. The van der Waals surface area contributed by atoms with Crippen molar-refractivity contribution in [3.05, 3.63) is 99.8 Å². The molecule has 1 aromatic heterocycles. The van der Waals surface area contributed by atoms with Gasteiger partial charge in [-0.2, -0.15) is 0 Å². The Morgan fingerprint density at radius 1 is 1.00 bits per heavy atom. The first-order chi connectivity index (χ1) is 16.9. The van der Waals surface area contributed by atoms with E-state index in [-0.39, 0.29) is 5.91 Å². The number of aliphatic carboxylic acids is 1. The molecule has 4 rings (SSSR count). The van der Waals surface area contributed by atoms with Gasteiger partial charge in [-0.25, -0.2) is 4.79 Å². The molecule has 2 aromatic carbocycles. The van der Waals surface area contributed by atoms with E-state index < -0.39 is 30.3 Å². The lowest BCUT2D eigenvalue weighted by molar-refractivity contribution is -0.184. The lowest BCUT2D eigenvalue weighted by Gasteiger charge is -2.47. The maximum Gasteiger partial charge on any atom is 0.326 e. The number of amides is 1. The molecule has 0 saturated carbocycles. The fourth-order valence-electron chi connectivity index (χ4n) is 4.54. The number of pyridine rings is 1. The van der Waals surface area contributed by atoms with Gasteiger partial charge in [0.05, 0.1) is 6.04 Å². The van der Waals surface area contributed by atoms with E-state index in [9.17, 15) is 14.7 Å². The number of halogens is 2. The number of aromatic nitrogens is 1. The first-order valence-electron chi connectivity index (χ1n) is 11.5. The van der Waals surface area contributed by atoms with Crippen molar-refractivity contribution in [3.63, 3.8) is 0 Å². The second-order valence-electron chi connectivity index (χ2n) is 8.54. The summed E-state index contributed by atoms with van der Waals surface area (Å²) in [6.45, 7) is 1.91. The number of carboxylic acid groups (broad SMARTS) is 1. The van der Waals surface area contributed by atoms with Crippen molar-refractivity contribution in [2.24, 2.45) is 0 Å². The van der Waals surface area contributed by atoms with Crippen LogP contribution in [0.1, 0.15) is 48.6 Å². The van der Waals surface area contributed by atoms with E-state index in [0.717, 1.165) is 16.7 Å². The lowest BCUT2D eigenvalue weighted by atomic mass is 9.89. The van der Waals surface area contributed by atoms with Crippen LogP contribution < -0.4 is 0 Å². The molecule has 35 heavy (non-hydrogen) atoms. The molecule has 1 saturated heterocycles. The van der Waals surface area contributed by atoms with Crippen LogP contribution in [-0.2, 0) is 20.7 Å². The number of hydrogen-bond donors (Lipinski definition) is 1. The highest BCUT2D eigenvalue weighted by Crippen LogP contribution is 2.44. The van der Waals surface area contributed by atoms with Gasteiger partial charge in [0, 0.05) is 28.9 Å². The molecule has 0 spiro atoms. The molecule has 1 N–H and O–H groups in total. The van der Waals surface area contributed by atoms with Crippen molar-refractivity contribution in [3.8, 4) is 0 Å². The monoisotopic (exact) mass is 512 g/mol. The SMILES string of the molecule is CCCC(C(=O)O)N1C(=O)C(Cc2ccncc2)O[C@H](c2ccc(Cl)cc2)[C@@H]1c1ccc(Cl)cc1. The molecule has 6 nitrogen and oxygen atoms in total. The molecule has 0 bridgehead atoms. The lowest BCUT2D eigenvalue weighted by Crippen LogP contribution is -2.57. The summed E-state index contributed by atoms with van der Waals surface area (Å²) in [7, 11) is 0. The van der Waals surface area contributed by atoms with Crippen molar-refractivity contribution in [2.45, 2.75) is 50.5 Å². The Balaban J connectivity index is 1.85. The van der Waals surface area contributed by atoms with Gasteiger partial charge in [0.15, 0.2) is 0 Å². The fourth-order valence-corrected chi connectivity index (χ4v) is 4.79. The van der Waals surface area contributed by atoms with Gasteiger partial charge in [-0.15, -0.1) is 0 Å². The Bertz CT molecular complexity index is 1160. The standard InChI is InChI=1S/C27H26Cl2N2O4/c1-2-3-22(27(33)34)31-24(18-4-8-20(28)9-5-18)25(19-6-10-21(29)11-7-19)35-23(26(31)32)16-17-12-14-30-15-13-17/h4-15,22-25H,2-3,16H2,1H3,(H,33,34)/t22?,23?,24-,25+/m0/s1. The highest BCUT2D eigenvalue weighted by atomic mass is 35.5. The summed E-state index contributed by atoms with van der Waals surface area (Å²) in [6.07, 6.45) is 3.07. The van der Waals surface area contributed by atoms with Gasteiger partial charge < -0.3 is 14.7 Å². The summed E-state index contributed by atoms with van der Waals surface area (Å²) in [5, 5.41) is 11.3. The molecule has 182 valence electrons. The third kappa shape index (κ3) is 5.67. The Kier molecular flexibility index (Phi) is 8.06. The zero-order valence-electron chi connectivity index (χ0n) is 19.2. The van der Waals surface area contributed by atoms with Gasteiger partial charge in [-0.3, -0.25) is 9.78 Å². The third-order valence-corrected chi connectivity index (χ3v) is 6.69. The molecule has 2 heterocycles. The van der Waals surface area contributed by atoms with E-state index in [0.29, 0.717) is 29.3 Å². The second kappa shape index (κ2) is 11.2. The zero-order chi connectivity index (χ0) is 24.9. The Morgan fingerprint density at radius 2 is 1.57 bits per heavy atom. The summed E-state index contributed by atoms with van der Waals surface area (Å²) in [6, 6.07) is 16.3. The summed E-state index contributed by atoms with van der Waals surface area (Å²) >= 11 is 12.3. The van der Waals surface area contributed by atoms with Crippen LogP contribution in [0.25, 0.3) is 0 Å². The number of nitrogens with zero attached hydrogens (tertiary/aromatic N) is 2. The number of hydrogen-bond acceptors (Lipinski definition) is 4. The van der Waals surface area contributed by atoms with Crippen molar-refractivity contribution in [2.75, 3.05) is 0 Å². The molecule has 1 aliphatic heterocycles. The summed E-state index contributed by atoms with van der Waals surface area (Å²) in [5.41, 5.74) is 2.42. The number of carboxylic acids is 1. The molecule has 1 aliphatic rings. The molecular formula is C27H26Cl2N2O4. The Hall–Kier alpha value is -2.93. The van der Waals surface area contributed by atoms with Crippen molar-refractivity contribution in [1.82, 2.24) is 9.88 Å². The van der Waals surface area contributed by atoms with Gasteiger partial charge in [-0.05, 0) is 59.5 Å². The highest BCUT2D eigenvalue weighted by Gasteiger charge is 2.48. The predicted molar refractivity (Wildman–Crippen MR) is 134 cm³/mol. The molecule has 1 amide bonds. The third-order valence-electron chi connectivity index (χ3n) is 6.19. The quantitative estimate of drug-likeness (QED) is 0.406. The molecule has 3 aromatic rings. The largest absolute Gasteiger partial charge is 0.480 e. The van der Waals surface area contributed by atoms with E-state index in [2.05, 4.69) is 4.98 Å². The number of ether oxygens (including phenoxy) is 1. The van der Waals surface area contributed by atoms with Crippen molar-refractivity contribution >= 4 is 35.1 Å². The van der Waals surface area contributed by atoms with E-state index in [1.165, 1.54) is 4.90 Å². The highest BCUT2D eigenvalue weighted by molar-refractivity contribution is 6.30. The van der Waals surface area contributed by atoms with E-state index in [1.54, 1.807) is 36.7 Å². The summed E-state index contributed by atoms with van der Waals surface area (Å²) in [4.78, 5) is 31.9. The van der Waals surface area contributed by atoms with Gasteiger partial charge in [-0.1, -0.05) is 60.8 Å². The Morgan fingerprint density at radius 3 is 2.11 bits per heavy atom. The van der Waals surface area contributed by atoms with Gasteiger partial charge in [0.1, 0.15) is 18.2 Å². The van der Waals surface area contributed by atoms with Gasteiger partial charge in [0.2, 0.25) is 0 Å². The predicted octanol–water partition coefficient (Wildman–Crippen LogP) is 5.89. The topological polar surface area (TPSA) is 79.7 Å². The van der Waals surface area contributed by atoms with E-state index in [1.807, 2.05) is 43.3 Å². The molecule has 0 radical (unpaired) electrons. The molecule has 1 fully saturated rings. The van der Waals surface area contributed by atoms with Crippen molar-refractivity contribution < 1.29 is 19.4 Å². The van der Waals surface area contributed by atoms with Crippen LogP contribution in [0.4, 0.5) is 0 Å². The smallest absolute Gasteiger partial charge is 0.326 e. The van der Waals surface area contributed by atoms with E-state index >= 15 is 0 Å². The van der Waals surface area contributed by atoms with Gasteiger partial charge in [0.25, 0.3) is 5.91 Å².